The Bertz CT molecular complexity index is 439. The topological polar surface area (TPSA) is 34.1 Å². The quantitative estimate of drug-likeness (QED) is 0.679. The highest BCUT2D eigenvalue weighted by Gasteiger charge is 2.24. The minimum atomic E-state index is -2.88. The third-order valence-electron chi connectivity index (χ3n) is 2.48. The average molecular weight is 275 g/mol. The number of aryl methyl sites for hydroxylation is 1. The van der Waals surface area contributed by atoms with E-state index in [1.54, 1.807) is 0 Å². The molecule has 2 rings (SSSR count). The van der Waals surface area contributed by atoms with Crippen LogP contribution in [0.15, 0.2) is 24.3 Å². The van der Waals surface area contributed by atoms with Crippen LogP contribution in [-0.4, -0.2) is 19.9 Å². The van der Waals surface area contributed by atoms with Gasteiger partial charge in [-0.15, -0.1) is 0 Å². The minimum absolute atomic E-state index is 0.0498. The fraction of sp³-hybridized carbons (Fsp3) is 0.400. The van der Waals surface area contributed by atoms with Gasteiger partial charge < -0.3 is 0 Å². The number of hydrogen-bond acceptors (Lipinski definition) is 2. The lowest BCUT2D eigenvalue weighted by atomic mass is 10.0. The van der Waals surface area contributed by atoms with Gasteiger partial charge >= 0.3 is 0 Å². The van der Waals surface area contributed by atoms with Gasteiger partial charge in [0.15, 0.2) is 9.84 Å². The smallest absolute Gasteiger partial charge is 0.152 e. The van der Waals surface area contributed by atoms with Crippen molar-refractivity contribution in [1.29, 1.82) is 0 Å². The van der Waals surface area contributed by atoms with Crippen LogP contribution in [0.3, 0.4) is 0 Å². The number of alkyl halides is 1. The Kier molecular flexibility index (Phi) is 2.66. The van der Waals surface area contributed by atoms with Crippen molar-refractivity contribution in [2.45, 2.75) is 11.2 Å². The molecule has 0 fully saturated rings. The molecule has 0 radical (unpaired) electrons. The summed E-state index contributed by atoms with van der Waals surface area (Å²) >= 11 is 3.43. The van der Waals surface area contributed by atoms with Crippen molar-refractivity contribution < 1.29 is 8.42 Å². The number of benzene rings is 1. The summed E-state index contributed by atoms with van der Waals surface area (Å²) in [4.78, 5) is -0.0498. The molecule has 1 aromatic carbocycles. The van der Waals surface area contributed by atoms with Gasteiger partial charge in [-0.1, -0.05) is 40.2 Å². The lowest BCUT2D eigenvalue weighted by Crippen LogP contribution is -2.11. The molecule has 0 N–H and O–H groups in total. The number of hydrogen-bond donors (Lipinski definition) is 0. The molecule has 14 heavy (non-hydrogen) atoms. The molecule has 0 aliphatic carbocycles. The molecule has 1 aromatic rings. The normalized spacial score (nSPS) is 25.1. The third kappa shape index (κ3) is 2.01. The van der Waals surface area contributed by atoms with E-state index in [4.69, 9.17) is 0 Å². The van der Waals surface area contributed by atoms with Crippen LogP contribution in [0.4, 0.5) is 0 Å². The monoisotopic (exact) mass is 274 g/mol. The number of rotatable bonds is 0. The fourth-order valence-corrected chi connectivity index (χ4v) is 4.71. The van der Waals surface area contributed by atoms with Gasteiger partial charge in [0.25, 0.3) is 0 Å². The van der Waals surface area contributed by atoms with Gasteiger partial charge in [-0.3, -0.25) is 0 Å². The molecular formula is C10H11BrO2S. The van der Waals surface area contributed by atoms with Crippen molar-refractivity contribution in [2.24, 2.45) is 0 Å². The number of fused-ring (bicyclic) bond motifs is 1. The van der Waals surface area contributed by atoms with Crippen LogP contribution in [0.1, 0.15) is 16.0 Å². The van der Waals surface area contributed by atoms with E-state index in [9.17, 15) is 8.42 Å². The van der Waals surface area contributed by atoms with Crippen molar-refractivity contribution in [3.05, 3.63) is 35.4 Å². The van der Waals surface area contributed by atoms with Gasteiger partial charge in [0.2, 0.25) is 0 Å². The largest absolute Gasteiger partial charge is 0.229 e. The Balaban J connectivity index is 2.46. The lowest BCUT2D eigenvalue weighted by molar-refractivity contribution is 0.596. The fourth-order valence-electron chi connectivity index (χ4n) is 1.73. The lowest BCUT2D eigenvalue weighted by Gasteiger charge is -2.08. The van der Waals surface area contributed by atoms with E-state index in [1.807, 2.05) is 24.3 Å². The van der Waals surface area contributed by atoms with Crippen molar-refractivity contribution in [1.82, 2.24) is 0 Å². The van der Waals surface area contributed by atoms with Crippen molar-refractivity contribution >= 4 is 25.8 Å². The zero-order valence-corrected chi connectivity index (χ0v) is 10.0. The molecule has 0 saturated heterocycles. The molecule has 1 aliphatic heterocycles. The third-order valence-corrected chi connectivity index (χ3v) is 5.39. The molecule has 0 amide bonds. The van der Waals surface area contributed by atoms with E-state index >= 15 is 0 Å². The zero-order valence-electron chi connectivity index (χ0n) is 7.61. The van der Waals surface area contributed by atoms with Gasteiger partial charge in [-0.25, -0.2) is 8.42 Å². The molecule has 1 heterocycles. The molecular weight excluding hydrogens is 264 g/mol. The summed E-state index contributed by atoms with van der Waals surface area (Å²) in [6.07, 6.45) is 0.639. The predicted molar refractivity (Wildman–Crippen MR) is 60.5 cm³/mol. The van der Waals surface area contributed by atoms with Crippen molar-refractivity contribution in [3.8, 4) is 0 Å². The standard InChI is InChI=1S/C10H11BrO2S/c11-10-7-14(12,13)6-5-8-3-1-2-4-9(8)10/h1-4,10H,5-7H2/t10-/m0/s1. The second kappa shape index (κ2) is 3.66. The van der Waals surface area contributed by atoms with E-state index in [0.29, 0.717) is 6.42 Å². The van der Waals surface area contributed by atoms with E-state index in [-0.39, 0.29) is 16.3 Å². The van der Waals surface area contributed by atoms with Gasteiger partial charge in [0.1, 0.15) is 0 Å². The summed E-state index contributed by atoms with van der Waals surface area (Å²) in [6, 6.07) is 7.90. The number of sulfone groups is 1. The highest BCUT2D eigenvalue weighted by molar-refractivity contribution is 9.09. The highest BCUT2D eigenvalue weighted by atomic mass is 79.9. The molecule has 0 spiro atoms. The molecule has 4 heteroatoms. The van der Waals surface area contributed by atoms with Gasteiger partial charge in [-0.2, -0.15) is 0 Å². The zero-order chi connectivity index (χ0) is 10.2. The second-order valence-electron chi connectivity index (χ2n) is 3.53. The minimum Gasteiger partial charge on any atom is -0.229 e. The van der Waals surface area contributed by atoms with Crippen LogP contribution >= 0.6 is 15.9 Å². The van der Waals surface area contributed by atoms with Crippen LogP contribution in [0.2, 0.25) is 0 Å². The van der Waals surface area contributed by atoms with Crippen molar-refractivity contribution in [3.63, 3.8) is 0 Å². The van der Waals surface area contributed by atoms with Gasteiger partial charge in [0, 0.05) is 0 Å². The Labute approximate surface area is 92.4 Å². The molecule has 0 unspecified atom stereocenters. The summed E-state index contributed by atoms with van der Waals surface area (Å²) in [5, 5.41) is 0. The van der Waals surface area contributed by atoms with Crippen LogP contribution in [0.25, 0.3) is 0 Å². The maximum absolute atomic E-state index is 11.5. The Morgan fingerprint density at radius 1 is 1.29 bits per heavy atom. The molecule has 76 valence electrons. The van der Waals surface area contributed by atoms with Crippen LogP contribution < -0.4 is 0 Å². The summed E-state index contributed by atoms with van der Waals surface area (Å²) in [7, 11) is -2.88. The van der Waals surface area contributed by atoms with Gasteiger partial charge in [-0.05, 0) is 17.5 Å². The Hall–Kier alpha value is -0.350. The van der Waals surface area contributed by atoms with E-state index in [1.165, 1.54) is 0 Å². The average Bonchev–Trinajstić information content (AvgIpc) is 2.24. The first-order chi connectivity index (χ1) is 6.58. The summed E-state index contributed by atoms with van der Waals surface area (Å²) in [5.41, 5.74) is 2.27. The van der Waals surface area contributed by atoms with Crippen LogP contribution in [-0.2, 0) is 16.3 Å². The molecule has 1 atom stereocenters. The maximum Gasteiger partial charge on any atom is 0.152 e. The summed E-state index contributed by atoms with van der Waals surface area (Å²) < 4.78 is 23.0. The summed E-state index contributed by atoms with van der Waals surface area (Å²) in [6.45, 7) is 0. The van der Waals surface area contributed by atoms with Gasteiger partial charge in [0.05, 0.1) is 16.3 Å². The summed E-state index contributed by atoms with van der Waals surface area (Å²) in [5.74, 6) is 0.482. The maximum atomic E-state index is 11.5. The van der Waals surface area contributed by atoms with Crippen LogP contribution in [0, 0.1) is 0 Å². The molecule has 0 aromatic heterocycles. The number of halogens is 1. The highest BCUT2D eigenvalue weighted by Crippen LogP contribution is 2.30. The first kappa shape index (κ1) is 10.2. The molecule has 1 aliphatic rings. The first-order valence-electron chi connectivity index (χ1n) is 4.51. The molecule has 0 bridgehead atoms. The van der Waals surface area contributed by atoms with E-state index < -0.39 is 9.84 Å². The van der Waals surface area contributed by atoms with E-state index in [0.717, 1.165) is 11.1 Å². The SMILES string of the molecule is O=S1(=O)CCc2ccccc2[C@@H](Br)C1. The molecule has 0 saturated carbocycles. The predicted octanol–water partition coefficient (Wildman–Crippen LogP) is 2.09. The Morgan fingerprint density at radius 2 is 2.00 bits per heavy atom. The van der Waals surface area contributed by atoms with E-state index in [2.05, 4.69) is 15.9 Å². The Morgan fingerprint density at radius 3 is 2.79 bits per heavy atom. The van der Waals surface area contributed by atoms with Crippen LogP contribution in [0.5, 0.6) is 0 Å². The second-order valence-corrected chi connectivity index (χ2v) is 6.86. The molecule has 2 nitrogen and oxygen atoms in total. The first-order valence-corrected chi connectivity index (χ1v) is 7.24. The van der Waals surface area contributed by atoms with Crippen molar-refractivity contribution in [2.75, 3.05) is 11.5 Å².